The van der Waals surface area contributed by atoms with Gasteiger partial charge in [-0.25, -0.2) is 12.8 Å². The van der Waals surface area contributed by atoms with Gasteiger partial charge in [0.2, 0.25) is 0 Å². The van der Waals surface area contributed by atoms with Crippen LogP contribution in [-0.2, 0) is 9.84 Å². The molecule has 1 aliphatic heterocycles. The molecule has 0 radical (unpaired) electrons. The van der Waals surface area contributed by atoms with E-state index < -0.39 is 9.84 Å². The molecule has 0 spiro atoms. The number of hydrogen-bond acceptors (Lipinski definition) is 3. The third-order valence-corrected chi connectivity index (χ3v) is 5.85. The lowest BCUT2D eigenvalue weighted by atomic mass is 10.2. The first-order valence-corrected chi connectivity index (χ1v) is 9.68. The van der Waals surface area contributed by atoms with E-state index in [0.29, 0.717) is 17.2 Å². The van der Waals surface area contributed by atoms with Crippen LogP contribution in [-0.4, -0.2) is 42.5 Å². The molecule has 4 nitrogen and oxygen atoms in total. The summed E-state index contributed by atoms with van der Waals surface area (Å²) in [6.07, 6.45) is 2.56. The smallest absolute Gasteiger partial charge is 0.173 e. The van der Waals surface area contributed by atoms with E-state index in [0.717, 1.165) is 19.4 Å². The van der Waals surface area contributed by atoms with Crippen molar-refractivity contribution < 1.29 is 12.8 Å². The van der Waals surface area contributed by atoms with Crippen molar-refractivity contribution in [2.75, 3.05) is 23.4 Å². The molecule has 7 heteroatoms. The van der Waals surface area contributed by atoms with Gasteiger partial charge >= 0.3 is 0 Å². The third-order valence-electron chi connectivity index (χ3n) is 3.76. The van der Waals surface area contributed by atoms with Gasteiger partial charge in [-0.1, -0.05) is 13.3 Å². The Morgan fingerprint density at radius 3 is 2.64 bits per heavy atom. The van der Waals surface area contributed by atoms with E-state index in [2.05, 4.69) is 12.2 Å². The summed E-state index contributed by atoms with van der Waals surface area (Å²) in [5.74, 6) is 0.0719. The van der Waals surface area contributed by atoms with Gasteiger partial charge in [-0.2, -0.15) is 0 Å². The van der Waals surface area contributed by atoms with Crippen LogP contribution in [0.3, 0.4) is 0 Å². The number of halogens is 1. The quantitative estimate of drug-likeness (QED) is 0.833. The maximum atomic E-state index is 12.9. The number of nitrogens with zero attached hydrogens (tertiary/aromatic N) is 1. The molecule has 1 N–H and O–H groups in total. The Kier molecular flexibility index (Phi) is 5.74. The molecule has 0 amide bonds. The van der Waals surface area contributed by atoms with Crippen molar-refractivity contribution in [2.24, 2.45) is 0 Å². The lowest BCUT2D eigenvalue weighted by molar-refractivity contribution is 0.333. The number of thiocarbonyl (C=S) groups is 1. The Labute approximate surface area is 136 Å². The predicted octanol–water partition coefficient (Wildman–Crippen LogP) is 2.81. The van der Waals surface area contributed by atoms with E-state index in [9.17, 15) is 12.8 Å². The fourth-order valence-corrected chi connectivity index (χ4v) is 4.62. The maximum absolute atomic E-state index is 12.9. The van der Waals surface area contributed by atoms with Crippen LogP contribution >= 0.6 is 12.2 Å². The van der Waals surface area contributed by atoms with Gasteiger partial charge in [0, 0.05) is 18.3 Å². The molecule has 1 saturated heterocycles. The number of rotatable bonds is 5. The first-order valence-electron chi connectivity index (χ1n) is 7.45. The molecule has 0 unspecified atom stereocenters. The second kappa shape index (κ2) is 7.37. The van der Waals surface area contributed by atoms with Crippen LogP contribution in [0.2, 0.25) is 0 Å². The molecule has 0 aliphatic carbocycles. The average Bonchev–Trinajstić information content (AvgIpc) is 2.82. The number of unbranched alkanes of at least 4 members (excludes halogenated alkanes) is 1. The zero-order valence-electron chi connectivity index (χ0n) is 12.6. The molecular formula is C15H21FN2O2S2. The van der Waals surface area contributed by atoms with Crippen molar-refractivity contribution in [3.05, 3.63) is 30.1 Å². The predicted molar refractivity (Wildman–Crippen MR) is 91.3 cm³/mol. The van der Waals surface area contributed by atoms with Crippen molar-refractivity contribution in [2.45, 2.75) is 32.2 Å². The lowest BCUT2D eigenvalue weighted by Gasteiger charge is -2.31. The number of hydrogen-bond donors (Lipinski definition) is 1. The largest absolute Gasteiger partial charge is 0.345 e. The molecule has 1 aliphatic rings. The molecule has 1 aromatic carbocycles. The molecule has 0 saturated carbocycles. The van der Waals surface area contributed by atoms with E-state index >= 15 is 0 Å². The van der Waals surface area contributed by atoms with Crippen LogP contribution in [0.5, 0.6) is 0 Å². The lowest BCUT2D eigenvalue weighted by Crippen LogP contribution is -2.44. The minimum Gasteiger partial charge on any atom is -0.345 e. The van der Waals surface area contributed by atoms with Gasteiger partial charge in [0.05, 0.1) is 11.5 Å². The van der Waals surface area contributed by atoms with Gasteiger partial charge in [-0.3, -0.25) is 0 Å². The van der Waals surface area contributed by atoms with Crippen molar-refractivity contribution in [3.63, 3.8) is 0 Å². The highest BCUT2D eigenvalue weighted by Crippen LogP contribution is 2.20. The van der Waals surface area contributed by atoms with Gasteiger partial charge in [0.1, 0.15) is 5.82 Å². The highest BCUT2D eigenvalue weighted by molar-refractivity contribution is 7.91. The summed E-state index contributed by atoms with van der Waals surface area (Å²) in [5.41, 5.74) is 0.703. The Morgan fingerprint density at radius 2 is 2.09 bits per heavy atom. The number of benzene rings is 1. The van der Waals surface area contributed by atoms with Crippen molar-refractivity contribution in [3.8, 4) is 0 Å². The fraction of sp³-hybridized carbons (Fsp3) is 0.533. The fourth-order valence-electron chi connectivity index (χ4n) is 2.53. The summed E-state index contributed by atoms with van der Waals surface area (Å²) in [6.45, 7) is 2.81. The minimum atomic E-state index is -2.96. The van der Waals surface area contributed by atoms with Crippen LogP contribution in [0.15, 0.2) is 24.3 Å². The van der Waals surface area contributed by atoms with E-state index in [-0.39, 0.29) is 23.4 Å². The molecule has 122 valence electrons. The zero-order chi connectivity index (χ0) is 16.2. The molecule has 22 heavy (non-hydrogen) atoms. The normalized spacial score (nSPS) is 19.8. The summed E-state index contributed by atoms with van der Waals surface area (Å²) in [4.78, 5) is 1.97. The first kappa shape index (κ1) is 17.1. The van der Waals surface area contributed by atoms with Crippen LogP contribution in [0.4, 0.5) is 10.1 Å². The molecule has 0 aromatic heterocycles. The van der Waals surface area contributed by atoms with Gasteiger partial charge in [0.15, 0.2) is 14.9 Å². The van der Waals surface area contributed by atoms with Crippen LogP contribution in [0, 0.1) is 5.82 Å². The summed E-state index contributed by atoms with van der Waals surface area (Å²) in [7, 11) is -2.96. The highest BCUT2D eigenvalue weighted by Gasteiger charge is 2.33. The van der Waals surface area contributed by atoms with Crippen molar-refractivity contribution in [1.29, 1.82) is 0 Å². The second-order valence-corrected chi connectivity index (χ2v) is 8.16. The average molecular weight is 344 g/mol. The third kappa shape index (κ3) is 4.64. The van der Waals surface area contributed by atoms with E-state index in [1.807, 2.05) is 4.90 Å². The zero-order valence-corrected chi connectivity index (χ0v) is 14.2. The van der Waals surface area contributed by atoms with E-state index in [1.54, 1.807) is 12.1 Å². The van der Waals surface area contributed by atoms with Crippen LogP contribution in [0.25, 0.3) is 0 Å². The Morgan fingerprint density at radius 1 is 1.41 bits per heavy atom. The maximum Gasteiger partial charge on any atom is 0.173 e. The first-order chi connectivity index (χ1) is 10.4. The number of sulfone groups is 1. The van der Waals surface area contributed by atoms with Crippen LogP contribution < -0.4 is 5.32 Å². The molecular weight excluding hydrogens is 323 g/mol. The monoisotopic (exact) mass is 344 g/mol. The minimum absolute atomic E-state index is 0.0722. The molecule has 1 fully saturated rings. The molecule has 1 atom stereocenters. The Hall–Kier alpha value is -1.21. The standard InChI is InChI=1S/C15H21FN2O2S2/c1-2-3-9-18(14-8-10-22(19,20)11-14)15(21)17-13-6-4-12(16)5-7-13/h4-7,14H,2-3,8-11H2,1H3,(H,17,21)/t14-/m0/s1. The number of nitrogens with one attached hydrogen (secondary N) is 1. The van der Waals surface area contributed by atoms with E-state index in [4.69, 9.17) is 12.2 Å². The highest BCUT2D eigenvalue weighted by atomic mass is 32.2. The molecule has 0 bridgehead atoms. The van der Waals surface area contributed by atoms with Gasteiger partial charge < -0.3 is 10.2 Å². The Bertz CT molecular complexity index is 617. The summed E-state index contributed by atoms with van der Waals surface area (Å²) >= 11 is 5.44. The SMILES string of the molecule is CCCCN(C(=S)Nc1ccc(F)cc1)[C@H]1CCS(=O)(=O)C1. The summed E-state index contributed by atoms with van der Waals surface area (Å²) in [5, 5.41) is 3.58. The van der Waals surface area contributed by atoms with Gasteiger partial charge in [-0.15, -0.1) is 0 Å². The number of anilines is 1. The molecule has 1 aromatic rings. The molecule has 1 heterocycles. The van der Waals surface area contributed by atoms with Crippen molar-refractivity contribution in [1.82, 2.24) is 4.90 Å². The second-order valence-electron chi connectivity index (χ2n) is 5.54. The van der Waals surface area contributed by atoms with Crippen LogP contribution in [0.1, 0.15) is 26.2 Å². The molecule has 2 rings (SSSR count). The summed E-state index contributed by atoms with van der Waals surface area (Å²) in [6, 6.07) is 5.88. The van der Waals surface area contributed by atoms with Gasteiger partial charge in [-0.05, 0) is 49.3 Å². The summed E-state index contributed by atoms with van der Waals surface area (Å²) < 4.78 is 36.4. The van der Waals surface area contributed by atoms with Crippen molar-refractivity contribution >= 4 is 32.9 Å². The topological polar surface area (TPSA) is 49.4 Å². The van der Waals surface area contributed by atoms with Gasteiger partial charge in [0.25, 0.3) is 0 Å². The Balaban J connectivity index is 2.07. The van der Waals surface area contributed by atoms with E-state index in [1.165, 1.54) is 12.1 Å².